The summed E-state index contributed by atoms with van der Waals surface area (Å²) in [7, 11) is 0. The van der Waals surface area contributed by atoms with E-state index in [1.54, 1.807) is 12.3 Å². The fourth-order valence-corrected chi connectivity index (χ4v) is 1.55. The summed E-state index contributed by atoms with van der Waals surface area (Å²) in [6.07, 6.45) is 1.63. The highest BCUT2D eigenvalue weighted by molar-refractivity contribution is 5.96. The Morgan fingerprint density at radius 3 is 2.94 bits per heavy atom. The lowest BCUT2D eigenvalue weighted by Crippen LogP contribution is -2.07. The highest BCUT2D eigenvalue weighted by Crippen LogP contribution is 2.23. The van der Waals surface area contributed by atoms with Crippen LogP contribution in [-0.2, 0) is 4.79 Å². The molecule has 4 nitrogen and oxygen atoms in total. The number of rotatable bonds is 1. The Morgan fingerprint density at radius 1 is 1.44 bits per heavy atom. The number of nitriles is 1. The maximum absolute atomic E-state index is 11.0. The molecule has 4 heteroatoms. The summed E-state index contributed by atoms with van der Waals surface area (Å²) in [5.41, 5.74) is 1.51. The van der Waals surface area contributed by atoms with Crippen molar-refractivity contribution < 1.29 is 4.79 Å². The first-order valence-electron chi connectivity index (χ1n) is 4.78. The molecule has 0 aliphatic carbocycles. The second kappa shape index (κ2) is 3.99. The Kier molecular flexibility index (Phi) is 2.52. The van der Waals surface area contributed by atoms with Gasteiger partial charge >= 0.3 is 0 Å². The van der Waals surface area contributed by atoms with Gasteiger partial charge in [-0.25, -0.2) is 0 Å². The molecule has 1 N–H and O–H groups in total. The average molecular weight is 211 g/mol. The molecule has 2 rings (SSSR count). The minimum absolute atomic E-state index is 0.202. The molecule has 0 radical (unpaired) electrons. The van der Waals surface area contributed by atoms with Gasteiger partial charge in [0.25, 0.3) is 0 Å². The average Bonchev–Trinajstić information content (AvgIpc) is 2.28. The molecule has 2 aromatic rings. The zero-order valence-corrected chi connectivity index (χ0v) is 8.69. The van der Waals surface area contributed by atoms with Crippen LogP contribution in [0.25, 0.3) is 10.9 Å². The minimum atomic E-state index is -0.202. The van der Waals surface area contributed by atoms with Gasteiger partial charge in [-0.3, -0.25) is 9.78 Å². The number of amides is 1. The van der Waals surface area contributed by atoms with Crippen LogP contribution in [0.15, 0.2) is 30.5 Å². The molecule has 0 unspecified atom stereocenters. The molecule has 0 saturated carbocycles. The largest absolute Gasteiger partial charge is 0.325 e. The second-order valence-electron chi connectivity index (χ2n) is 3.36. The number of nitrogens with zero attached hydrogens (tertiary/aromatic N) is 2. The Hall–Kier alpha value is -2.41. The number of aromatic nitrogens is 1. The summed E-state index contributed by atoms with van der Waals surface area (Å²) >= 11 is 0. The summed E-state index contributed by atoms with van der Waals surface area (Å²) in [5, 5.41) is 12.6. The van der Waals surface area contributed by atoms with Crippen molar-refractivity contribution in [3.05, 3.63) is 36.0 Å². The van der Waals surface area contributed by atoms with Gasteiger partial charge in [0, 0.05) is 18.5 Å². The van der Waals surface area contributed by atoms with Crippen LogP contribution >= 0.6 is 0 Å². The molecule has 0 bridgehead atoms. The van der Waals surface area contributed by atoms with Crippen molar-refractivity contribution >= 4 is 22.5 Å². The number of pyridine rings is 1. The van der Waals surface area contributed by atoms with E-state index in [0.29, 0.717) is 16.8 Å². The third-order valence-electron chi connectivity index (χ3n) is 2.20. The summed E-state index contributed by atoms with van der Waals surface area (Å²) in [6.45, 7) is 1.41. The molecule has 0 aliphatic rings. The summed E-state index contributed by atoms with van der Waals surface area (Å²) < 4.78 is 0. The lowest BCUT2D eigenvalue weighted by Gasteiger charge is -2.06. The van der Waals surface area contributed by atoms with Crippen molar-refractivity contribution in [1.82, 2.24) is 4.98 Å². The van der Waals surface area contributed by atoms with Gasteiger partial charge in [-0.15, -0.1) is 0 Å². The van der Waals surface area contributed by atoms with Crippen LogP contribution in [0.1, 0.15) is 12.5 Å². The van der Waals surface area contributed by atoms with Crippen molar-refractivity contribution in [2.45, 2.75) is 6.92 Å². The van der Waals surface area contributed by atoms with Gasteiger partial charge in [0.2, 0.25) is 5.91 Å². The molecule has 0 atom stereocenters. The number of fused-ring (bicyclic) bond motifs is 1. The smallest absolute Gasteiger partial charge is 0.221 e. The second-order valence-corrected chi connectivity index (χ2v) is 3.36. The van der Waals surface area contributed by atoms with Gasteiger partial charge in [0.1, 0.15) is 11.6 Å². The molecule has 1 aromatic carbocycles. The SMILES string of the molecule is CC(=O)Nc1ccc2cccnc2c1C#N. The number of nitrogens with one attached hydrogen (secondary N) is 1. The lowest BCUT2D eigenvalue weighted by molar-refractivity contribution is -0.114. The van der Waals surface area contributed by atoms with E-state index in [1.807, 2.05) is 18.2 Å². The molecule has 16 heavy (non-hydrogen) atoms. The van der Waals surface area contributed by atoms with Crippen molar-refractivity contribution in [2.24, 2.45) is 0 Å². The standard InChI is InChI=1S/C12H9N3O/c1-8(16)15-11-5-4-9-3-2-6-14-12(9)10(11)7-13/h2-6H,1H3,(H,15,16). The van der Waals surface area contributed by atoms with Crippen molar-refractivity contribution in [1.29, 1.82) is 5.26 Å². The summed E-state index contributed by atoms with van der Waals surface area (Å²) in [4.78, 5) is 15.1. The lowest BCUT2D eigenvalue weighted by atomic mass is 10.1. The van der Waals surface area contributed by atoms with Gasteiger partial charge in [-0.05, 0) is 12.1 Å². The van der Waals surface area contributed by atoms with E-state index in [1.165, 1.54) is 6.92 Å². The third-order valence-corrected chi connectivity index (χ3v) is 2.20. The van der Waals surface area contributed by atoms with Gasteiger partial charge < -0.3 is 5.32 Å². The molecule has 0 saturated heterocycles. The molecule has 1 aromatic heterocycles. The number of benzene rings is 1. The Labute approximate surface area is 92.5 Å². The minimum Gasteiger partial charge on any atom is -0.325 e. The summed E-state index contributed by atoms with van der Waals surface area (Å²) in [5.74, 6) is -0.202. The number of hydrogen-bond acceptors (Lipinski definition) is 3. The van der Waals surface area contributed by atoms with Crippen LogP contribution < -0.4 is 5.32 Å². The van der Waals surface area contributed by atoms with Crippen molar-refractivity contribution in [2.75, 3.05) is 5.32 Å². The van der Waals surface area contributed by atoms with E-state index in [2.05, 4.69) is 16.4 Å². The van der Waals surface area contributed by atoms with Gasteiger partial charge in [0.15, 0.2) is 0 Å². The predicted molar refractivity (Wildman–Crippen MR) is 60.8 cm³/mol. The Balaban J connectivity index is 2.69. The Morgan fingerprint density at radius 2 is 2.25 bits per heavy atom. The van der Waals surface area contributed by atoms with Gasteiger partial charge in [-0.1, -0.05) is 12.1 Å². The molecule has 0 fully saturated rings. The molecule has 1 amide bonds. The van der Waals surface area contributed by atoms with E-state index in [4.69, 9.17) is 5.26 Å². The number of carbonyl (C=O) groups excluding carboxylic acids is 1. The maximum Gasteiger partial charge on any atom is 0.221 e. The summed E-state index contributed by atoms with van der Waals surface area (Å²) in [6, 6.07) is 9.29. The maximum atomic E-state index is 11.0. The van der Waals surface area contributed by atoms with E-state index in [0.717, 1.165) is 5.39 Å². The van der Waals surface area contributed by atoms with Crippen LogP contribution in [0.4, 0.5) is 5.69 Å². The van der Waals surface area contributed by atoms with Crippen LogP contribution in [0.2, 0.25) is 0 Å². The van der Waals surface area contributed by atoms with Crippen molar-refractivity contribution in [3.63, 3.8) is 0 Å². The van der Waals surface area contributed by atoms with Crippen LogP contribution in [0.5, 0.6) is 0 Å². The van der Waals surface area contributed by atoms with Gasteiger partial charge in [0.05, 0.1) is 11.2 Å². The zero-order chi connectivity index (χ0) is 11.5. The van der Waals surface area contributed by atoms with Gasteiger partial charge in [-0.2, -0.15) is 5.26 Å². The number of carbonyl (C=O) groups is 1. The first-order valence-corrected chi connectivity index (χ1v) is 4.78. The molecule has 0 spiro atoms. The first kappa shape index (κ1) is 10.1. The molecular formula is C12H9N3O. The Bertz CT molecular complexity index is 599. The molecular weight excluding hydrogens is 202 g/mol. The number of hydrogen-bond donors (Lipinski definition) is 1. The van der Waals surface area contributed by atoms with E-state index in [9.17, 15) is 4.79 Å². The first-order chi connectivity index (χ1) is 7.72. The molecule has 78 valence electrons. The van der Waals surface area contributed by atoms with E-state index in [-0.39, 0.29) is 5.91 Å². The quantitative estimate of drug-likeness (QED) is 0.785. The highest BCUT2D eigenvalue weighted by atomic mass is 16.1. The predicted octanol–water partition coefficient (Wildman–Crippen LogP) is 2.06. The van der Waals surface area contributed by atoms with E-state index >= 15 is 0 Å². The monoisotopic (exact) mass is 211 g/mol. The molecule has 0 aliphatic heterocycles. The third kappa shape index (κ3) is 1.71. The van der Waals surface area contributed by atoms with E-state index < -0.39 is 0 Å². The normalized spacial score (nSPS) is 9.75. The topological polar surface area (TPSA) is 65.8 Å². The number of anilines is 1. The highest BCUT2D eigenvalue weighted by Gasteiger charge is 2.08. The van der Waals surface area contributed by atoms with Crippen LogP contribution in [-0.4, -0.2) is 10.9 Å². The fourth-order valence-electron chi connectivity index (χ4n) is 1.55. The zero-order valence-electron chi connectivity index (χ0n) is 8.69. The van der Waals surface area contributed by atoms with Crippen molar-refractivity contribution in [3.8, 4) is 6.07 Å². The fraction of sp³-hybridized carbons (Fsp3) is 0.0833. The van der Waals surface area contributed by atoms with Crippen LogP contribution in [0, 0.1) is 11.3 Å². The molecule has 1 heterocycles. The van der Waals surface area contributed by atoms with Crippen LogP contribution in [0.3, 0.4) is 0 Å².